The van der Waals surface area contributed by atoms with Crippen LogP contribution >= 0.6 is 15.9 Å². The topological polar surface area (TPSA) is 91.8 Å². The first kappa shape index (κ1) is 18.8. The van der Waals surface area contributed by atoms with Gasteiger partial charge < -0.3 is 20.1 Å². The van der Waals surface area contributed by atoms with E-state index in [1.165, 1.54) is 43.3 Å². The monoisotopic (exact) mass is 601 g/mol. The summed E-state index contributed by atoms with van der Waals surface area (Å²) in [4.78, 5) is 29.8. The molecule has 202 valence electrons. The normalized spacial score (nSPS) is 22.9. The van der Waals surface area contributed by atoms with E-state index >= 15 is 0 Å². The average Bonchev–Trinajstić information content (AvgIpc) is 2.99. The molecule has 4 rings (SSSR count). The van der Waals surface area contributed by atoms with Gasteiger partial charge >= 0.3 is 12.3 Å². The van der Waals surface area contributed by atoms with Gasteiger partial charge in [0.2, 0.25) is 0 Å². The molecular weight excluding hydrogens is 567 g/mol. The van der Waals surface area contributed by atoms with Crippen LogP contribution in [0.1, 0.15) is 64.0 Å². The molecule has 7 nitrogen and oxygen atoms in total. The van der Waals surface area contributed by atoms with E-state index in [9.17, 15) is 27.9 Å². The number of aliphatic carboxylic acids is 1. The minimum absolute atomic E-state index is 0.0240. The Morgan fingerprint density at radius 2 is 1.95 bits per heavy atom. The minimum atomic E-state index is -5.05. The quantitative estimate of drug-likeness (QED) is 0.304. The number of ether oxygens (including phenoxy) is 1. The molecule has 0 aliphatic carbocycles. The molecule has 0 spiro atoms. The Bertz CT molecular complexity index is 1670. The summed E-state index contributed by atoms with van der Waals surface area (Å²) in [5.74, 6) is -4.22. The van der Waals surface area contributed by atoms with Gasteiger partial charge in [0.25, 0.3) is 5.91 Å². The number of carbonyl (C=O) groups is 2. The molecule has 1 atom stereocenters. The number of amides is 1. The molecule has 1 aromatic heterocycles. The first-order valence-corrected chi connectivity index (χ1v) is 12.1. The maximum Gasteiger partial charge on any atom is 0.573 e. The minimum Gasteiger partial charge on any atom is -0.481 e. The fourth-order valence-corrected chi connectivity index (χ4v) is 4.50. The molecule has 1 aliphatic rings. The number of nitrogens with one attached hydrogen (secondary N) is 1. The molecule has 2 aromatic carbocycles. The second-order valence-electron chi connectivity index (χ2n) is 8.33. The van der Waals surface area contributed by atoms with E-state index in [1.54, 1.807) is 0 Å². The van der Waals surface area contributed by atoms with Crippen molar-refractivity contribution < 1.29 is 43.6 Å². The van der Waals surface area contributed by atoms with Crippen molar-refractivity contribution in [2.75, 3.05) is 24.4 Å². The van der Waals surface area contributed by atoms with Crippen LogP contribution in [0.4, 0.5) is 19.0 Å². The van der Waals surface area contributed by atoms with E-state index in [0.29, 0.717) is 4.47 Å². The summed E-state index contributed by atoms with van der Waals surface area (Å²) < 4.78 is 110. The third kappa shape index (κ3) is 6.56. The van der Waals surface area contributed by atoms with Gasteiger partial charge in [-0.3, -0.25) is 9.59 Å². The van der Waals surface area contributed by atoms with Gasteiger partial charge in [-0.1, -0.05) is 34.1 Å². The van der Waals surface area contributed by atoms with Crippen LogP contribution in [0.2, 0.25) is 0 Å². The largest absolute Gasteiger partial charge is 0.573 e. The lowest BCUT2D eigenvalue weighted by molar-refractivity contribution is -0.275. The van der Waals surface area contributed by atoms with E-state index in [-0.39, 0.29) is 45.5 Å². The number of hydrogen-bond donors (Lipinski definition) is 2. The number of nitrogens with zero attached hydrogens (tertiary/aromatic N) is 2. The molecule has 0 radical (unpaired) electrons. The highest BCUT2D eigenvalue weighted by Crippen LogP contribution is 2.35. The zero-order chi connectivity index (χ0) is 34.6. The molecule has 1 saturated heterocycles. The number of fused-ring (bicyclic) bond motifs is 1. The summed E-state index contributed by atoms with van der Waals surface area (Å²) in [5, 5.41) is 12.0. The lowest BCUT2D eigenvalue weighted by Gasteiger charge is -2.24. The molecule has 1 fully saturated rings. The van der Waals surface area contributed by atoms with Crippen LogP contribution in [0.3, 0.4) is 0 Å². The second-order valence-corrected chi connectivity index (χ2v) is 9.25. The van der Waals surface area contributed by atoms with Crippen molar-refractivity contribution >= 4 is 44.5 Å². The number of pyridine rings is 1. The predicted molar refractivity (Wildman–Crippen MR) is 141 cm³/mol. The Balaban J connectivity index is 1.82. The van der Waals surface area contributed by atoms with Gasteiger partial charge in [0, 0.05) is 58.3 Å². The van der Waals surface area contributed by atoms with Gasteiger partial charge in [0.05, 0.1) is 11.1 Å². The van der Waals surface area contributed by atoms with Crippen LogP contribution in [-0.4, -0.2) is 47.9 Å². The van der Waals surface area contributed by atoms with Crippen molar-refractivity contribution in [2.45, 2.75) is 44.8 Å². The van der Waals surface area contributed by atoms with E-state index in [2.05, 4.69) is 31.0 Å². The summed E-state index contributed by atoms with van der Waals surface area (Å²) in [6.07, 6.45) is -12.5. The van der Waals surface area contributed by atoms with Gasteiger partial charge in [0.15, 0.2) is 0 Å². The number of carboxylic acids is 1. The first-order valence-electron chi connectivity index (χ1n) is 15.3. The Morgan fingerprint density at radius 1 is 1.24 bits per heavy atom. The van der Waals surface area contributed by atoms with Crippen LogP contribution in [0.5, 0.6) is 5.75 Å². The van der Waals surface area contributed by atoms with Crippen molar-refractivity contribution in [3.8, 4) is 5.75 Å². The van der Waals surface area contributed by atoms with E-state index in [1.807, 2.05) is 0 Å². The number of rotatable bonds is 9. The third-order valence-electron chi connectivity index (χ3n) is 5.80. The van der Waals surface area contributed by atoms with Crippen molar-refractivity contribution in [3.63, 3.8) is 0 Å². The number of halogens is 4. The molecule has 3 aromatic rings. The van der Waals surface area contributed by atoms with Crippen molar-refractivity contribution in [3.05, 3.63) is 63.6 Å². The Morgan fingerprint density at radius 3 is 2.63 bits per heavy atom. The number of hydrogen-bond acceptors (Lipinski definition) is 5. The molecule has 11 heteroatoms. The Kier molecular flexibility index (Phi) is 5.74. The van der Waals surface area contributed by atoms with E-state index < -0.39 is 67.9 Å². The Labute approximate surface area is 237 Å². The molecule has 38 heavy (non-hydrogen) atoms. The van der Waals surface area contributed by atoms with E-state index in [0.717, 1.165) is 6.07 Å². The summed E-state index contributed by atoms with van der Waals surface area (Å²) in [6.45, 7) is -5.67. The predicted octanol–water partition coefficient (Wildman–Crippen LogP) is 6.18. The Hall–Kier alpha value is -3.34. The zero-order valence-electron chi connectivity index (χ0n) is 27.8. The molecular formula is C27H27BrF3N3O4. The second kappa shape index (κ2) is 11.6. The summed E-state index contributed by atoms with van der Waals surface area (Å²) >= 11 is 3.30. The van der Waals surface area contributed by atoms with Crippen molar-refractivity contribution in [1.29, 1.82) is 0 Å². The SMILES string of the molecule is [2H]C1([2H])N(c2nc3ccc(Br)cc3c(C(=O)NCC(CCC(=O)O)c3ccccc3OC(F)(F)F)c2C)C([2H])([2H])C([2H])([2H])C1([2H])[2H]. The maximum absolute atomic E-state index is 13.9. The van der Waals surface area contributed by atoms with Gasteiger partial charge in [-0.2, -0.15) is 0 Å². The maximum atomic E-state index is 13.9. The molecule has 1 amide bonds. The number of alkyl halides is 3. The lowest BCUT2D eigenvalue weighted by atomic mass is 9.93. The van der Waals surface area contributed by atoms with Crippen LogP contribution in [0.25, 0.3) is 10.9 Å². The smallest absolute Gasteiger partial charge is 0.481 e. The summed E-state index contributed by atoms with van der Waals surface area (Å²) in [6, 6.07) is 9.52. The fraction of sp³-hybridized carbons (Fsp3) is 0.370. The highest BCUT2D eigenvalue weighted by atomic mass is 79.9. The molecule has 0 bridgehead atoms. The van der Waals surface area contributed by atoms with Gasteiger partial charge in [-0.25, -0.2) is 4.98 Å². The lowest BCUT2D eigenvalue weighted by Crippen LogP contribution is -2.31. The first-order chi connectivity index (χ1) is 21.0. The molecule has 1 aliphatic heterocycles. The highest BCUT2D eigenvalue weighted by molar-refractivity contribution is 9.10. The van der Waals surface area contributed by atoms with Gasteiger partial charge in [0.1, 0.15) is 11.6 Å². The third-order valence-corrected chi connectivity index (χ3v) is 6.29. The van der Waals surface area contributed by atoms with Crippen LogP contribution in [-0.2, 0) is 4.79 Å². The molecule has 2 heterocycles. The number of carboxylic acid groups (broad SMARTS) is 1. The zero-order valence-corrected chi connectivity index (χ0v) is 21.4. The average molecular weight is 602 g/mol. The van der Waals surface area contributed by atoms with Crippen LogP contribution in [0, 0.1) is 6.92 Å². The van der Waals surface area contributed by atoms with Gasteiger partial charge in [-0.15, -0.1) is 13.2 Å². The van der Waals surface area contributed by atoms with Crippen molar-refractivity contribution in [1.82, 2.24) is 10.3 Å². The van der Waals surface area contributed by atoms with Crippen LogP contribution in [0.15, 0.2) is 46.9 Å². The van der Waals surface area contributed by atoms with Crippen LogP contribution < -0.4 is 15.0 Å². The number of benzene rings is 2. The highest BCUT2D eigenvalue weighted by Gasteiger charge is 2.33. The van der Waals surface area contributed by atoms with E-state index in [4.69, 9.17) is 11.0 Å². The summed E-state index contributed by atoms with van der Waals surface area (Å²) in [7, 11) is 0. The fourth-order valence-electron chi connectivity index (χ4n) is 4.13. The number of para-hydroxylation sites is 1. The number of anilines is 1. The summed E-state index contributed by atoms with van der Waals surface area (Å²) in [5.41, 5.74) is -0.311. The molecule has 1 unspecified atom stereocenters. The standard InChI is InChI=1S/C27H27BrF3N3O4/c1-16-24(20-14-18(28)9-10-21(20)33-25(16)34-12-4-5-13-34)26(37)32-15-17(8-11-23(35)36)19-6-2-3-7-22(19)38-27(29,30)31/h2-3,6-7,9-10,14,17H,4-5,8,11-13,15H2,1H3,(H,32,37)(H,35,36)/i4D2,5D2,12D2,13D2. The molecule has 0 saturated carbocycles. The van der Waals surface area contributed by atoms with Crippen molar-refractivity contribution in [2.24, 2.45) is 0 Å². The molecule has 2 N–H and O–H groups in total. The number of carbonyl (C=O) groups excluding carboxylic acids is 1. The number of aromatic nitrogens is 1. The van der Waals surface area contributed by atoms with Gasteiger partial charge in [-0.05, 0) is 55.9 Å².